The SMILES string of the molecule is CCC1=[N+](C)C(C)CC1(c1ccccc1)c1ccc(CCC(=O)O)cc1. The maximum Gasteiger partial charge on any atom is 0.303 e. The lowest BCUT2D eigenvalue weighted by Gasteiger charge is -2.29. The molecule has 1 aliphatic rings. The van der Waals surface area contributed by atoms with E-state index in [0.29, 0.717) is 12.5 Å². The van der Waals surface area contributed by atoms with Crippen LogP contribution in [0.1, 0.15) is 49.8 Å². The molecule has 0 aliphatic carbocycles. The van der Waals surface area contributed by atoms with Gasteiger partial charge in [-0.3, -0.25) is 4.79 Å². The molecule has 0 radical (unpaired) electrons. The zero-order chi connectivity index (χ0) is 18.7. The Bertz CT molecular complexity index is 808. The molecule has 2 aromatic carbocycles. The Morgan fingerprint density at radius 2 is 1.73 bits per heavy atom. The van der Waals surface area contributed by atoms with E-state index in [2.05, 4.69) is 80.1 Å². The van der Waals surface area contributed by atoms with Gasteiger partial charge in [0, 0.05) is 19.3 Å². The second-order valence-electron chi connectivity index (χ2n) is 7.33. The van der Waals surface area contributed by atoms with E-state index < -0.39 is 5.97 Å². The van der Waals surface area contributed by atoms with Crippen molar-refractivity contribution in [3.63, 3.8) is 0 Å². The fraction of sp³-hybridized carbons (Fsp3) is 0.391. The topological polar surface area (TPSA) is 40.3 Å². The van der Waals surface area contributed by atoms with Gasteiger partial charge in [0.25, 0.3) is 0 Å². The van der Waals surface area contributed by atoms with E-state index in [1.54, 1.807) is 0 Å². The second-order valence-corrected chi connectivity index (χ2v) is 7.33. The number of nitrogens with zero attached hydrogens (tertiary/aromatic N) is 1. The third-order valence-electron chi connectivity index (χ3n) is 5.86. The molecule has 1 N–H and O–H groups in total. The van der Waals surface area contributed by atoms with Gasteiger partial charge in [-0.15, -0.1) is 0 Å². The van der Waals surface area contributed by atoms with Crippen LogP contribution in [0, 0.1) is 0 Å². The third kappa shape index (κ3) is 3.18. The van der Waals surface area contributed by atoms with E-state index in [0.717, 1.165) is 18.4 Å². The van der Waals surface area contributed by atoms with Gasteiger partial charge in [-0.25, -0.2) is 4.58 Å². The van der Waals surface area contributed by atoms with E-state index in [-0.39, 0.29) is 11.8 Å². The number of hydrogen-bond acceptors (Lipinski definition) is 1. The number of carboxylic acids is 1. The minimum absolute atomic E-state index is 0.102. The van der Waals surface area contributed by atoms with Gasteiger partial charge in [0.1, 0.15) is 12.5 Å². The number of carbonyl (C=O) groups is 1. The molecule has 3 heteroatoms. The highest BCUT2D eigenvalue weighted by molar-refractivity contribution is 5.95. The molecular formula is C23H28NO2+. The number of rotatable bonds is 6. The number of benzene rings is 2. The van der Waals surface area contributed by atoms with Crippen LogP contribution in [-0.2, 0) is 16.6 Å². The molecule has 3 rings (SSSR count). The number of aryl methyl sites for hydroxylation is 1. The molecule has 0 spiro atoms. The Kier molecular flexibility index (Phi) is 5.26. The van der Waals surface area contributed by atoms with Gasteiger partial charge in [0.15, 0.2) is 11.8 Å². The molecule has 0 bridgehead atoms. The van der Waals surface area contributed by atoms with Crippen molar-refractivity contribution in [2.24, 2.45) is 0 Å². The average molecular weight is 350 g/mol. The summed E-state index contributed by atoms with van der Waals surface area (Å²) in [5.74, 6) is -0.748. The van der Waals surface area contributed by atoms with E-state index in [9.17, 15) is 4.79 Å². The smallest absolute Gasteiger partial charge is 0.303 e. The summed E-state index contributed by atoms with van der Waals surface area (Å²) in [6.45, 7) is 4.53. The van der Waals surface area contributed by atoms with Crippen LogP contribution in [0.5, 0.6) is 0 Å². The fourth-order valence-electron chi connectivity index (χ4n) is 4.48. The maximum atomic E-state index is 10.8. The highest BCUT2D eigenvalue weighted by Gasteiger charge is 2.51. The van der Waals surface area contributed by atoms with Crippen molar-refractivity contribution in [3.05, 3.63) is 71.3 Å². The molecule has 0 saturated carbocycles. The lowest BCUT2D eigenvalue weighted by molar-refractivity contribution is -0.526. The zero-order valence-electron chi connectivity index (χ0n) is 15.9. The number of aliphatic carboxylic acids is 1. The Balaban J connectivity index is 2.07. The van der Waals surface area contributed by atoms with Gasteiger partial charge in [-0.05, 0) is 30.0 Å². The summed E-state index contributed by atoms with van der Waals surface area (Å²) in [7, 11) is 2.20. The molecule has 2 atom stereocenters. The molecule has 2 unspecified atom stereocenters. The van der Waals surface area contributed by atoms with Gasteiger partial charge in [-0.1, -0.05) is 61.5 Å². The van der Waals surface area contributed by atoms with E-state index in [4.69, 9.17) is 5.11 Å². The fourth-order valence-corrected chi connectivity index (χ4v) is 4.48. The Hall–Kier alpha value is -2.42. The molecule has 2 aromatic rings. The maximum absolute atomic E-state index is 10.8. The molecule has 0 amide bonds. The lowest BCUT2D eigenvalue weighted by atomic mass is 9.68. The van der Waals surface area contributed by atoms with Gasteiger partial charge in [0.2, 0.25) is 0 Å². The number of hydrogen-bond donors (Lipinski definition) is 1. The van der Waals surface area contributed by atoms with Crippen LogP contribution in [-0.4, -0.2) is 34.5 Å². The van der Waals surface area contributed by atoms with E-state index in [1.807, 2.05) is 0 Å². The minimum atomic E-state index is -0.748. The summed E-state index contributed by atoms with van der Waals surface area (Å²) >= 11 is 0. The van der Waals surface area contributed by atoms with Crippen LogP contribution in [0.15, 0.2) is 54.6 Å². The second kappa shape index (κ2) is 7.45. The van der Waals surface area contributed by atoms with Crippen molar-refractivity contribution in [3.8, 4) is 0 Å². The third-order valence-corrected chi connectivity index (χ3v) is 5.86. The van der Waals surface area contributed by atoms with E-state index >= 15 is 0 Å². The first-order valence-corrected chi connectivity index (χ1v) is 9.45. The van der Waals surface area contributed by atoms with Crippen LogP contribution < -0.4 is 0 Å². The van der Waals surface area contributed by atoms with Crippen molar-refractivity contribution in [1.82, 2.24) is 0 Å². The molecule has 0 saturated heterocycles. The van der Waals surface area contributed by atoms with Crippen molar-refractivity contribution >= 4 is 11.7 Å². The van der Waals surface area contributed by atoms with Gasteiger partial charge >= 0.3 is 5.97 Å². The monoisotopic (exact) mass is 350 g/mol. The summed E-state index contributed by atoms with van der Waals surface area (Å²) in [6, 6.07) is 19.9. The van der Waals surface area contributed by atoms with Crippen LogP contribution >= 0.6 is 0 Å². The summed E-state index contributed by atoms with van der Waals surface area (Å²) in [5.41, 5.74) is 5.07. The van der Waals surface area contributed by atoms with Crippen molar-refractivity contribution in [2.45, 2.75) is 51.0 Å². The predicted molar refractivity (Wildman–Crippen MR) is 105 cm³/mol. The van der Waals surface area contributed by atoms with Crippen molar-refractivity contribution in [2.75, 3.05) is 7.05 Å². The molecule has 1 heterocycles. The molecule has 0 aromatic heterocycles. The average Bonchev–Trinajstić information content (AvgIpc) is 2.92. The van der Waals surface area contributed by atoms with E-state index in [1.165, 1.54) is 16.8 Å². The van der Waals surface area contributed by atoms with Gasteiger partial charge in [0.05, 0.1) is 0 Å². The van der Waals surface area contributed by atoms with Crippen molar-refractivity contribution < 1.29 is 14.5 Å². The standard InChI is InChI=1S/C23H27NO2/c1-4-21-23(16-17(2)24(21)3,19-8-6-5-7-9-19)20-13-10-18(11-14-20)12-15-22(25)26/h5-11,13-14,17H,4,12,15-16H2,1-3H3/p+1. The van der Waals surface area contributed by atoms with Crippen molar-refractivity contribution in [1.29, 1.82) is 0 Å². The van der Waals surface area contributed by atoms with Gasteiger partial charge < -0.3 is 5.11 Å². The minimum Gasteiger partial charge on any atom is -0.481 e. The summed E-state index contributed by atoms with van der Waals surface area (Å²) < 4.78 is 2.44. The molecular weight excluding hydrogens is 322 g/mol. The first kappa shape index (κ1) is 18.4. The summed E-state index contributed by atoms with van der Waals surface area (Å²) in [6.07, 6.45) is 2.82. The Morgan fingerprint density at radius 3 is 2.31 bits per heavy atom. The Labute approximate surface area is 156 Å². The molecule has 0 fully saturated rings. The number of carboxylic acid groups (broad SMARTS) is 1. The molecule has 26 heavy (non-hydrogen) atoms. The quantitative estimate of drug-likeness (QED) is 0.790. The molecule has 136 valence electrons. The first-order valence-electron chi connectivity index (χ1n) is 9.45. The predicted octanol–water partition coefficient (Wildman–Crippen LogP) is 4.28. The summed E-state index contributed by atoms with van der Waals surface area (Å²) in [5, 5.41) is 8.91. The van der Waals surface area contributed by atoms with Crippen LogP contribution in [0.3, 0.4) is 0 Å². The highest BCUT2D eigenvalue weighted by atomic mass is 16.4. The molecule has 1 aliphatic heterocycles. The summed E-state index contributed by atoms with van der Waals surface area (Å²) in [4.78, 5) is 10.8. The van der Waals surface area contributed by atoms with Crippen LogP contribution in [0.4, 0.5) is 0 Å². The van der Waals surface area contributed by atoms with Crippen LogP contribution in [0.2, 0.25) is 0 Å². The van der Waals surface area contributed by atoms with Gasteiger partial charge in [-0.2, -0.15) is 0 Å². The highest BCUT2D eigenvalue weighted by Crippen LogP contribution is 2.43. The lowest BCUT2D eigenvalue weighted by Crippen LogP contribution is -2.35. The normalized spacial score (nSPS) is 22.7. The van der Waals surface area contributed by atoms with Crippen LogP contribution in [0.25, 0.3) is 0 Å². The zero-order valence-corrected chi connectivity index (χ0v) is 15.9. The first-order chi connectivity index (χ1) is 12.5. The largest absolute Gasteiger partial charge is 0.481 e. The molecule has 3 nitrogen and oxygen atoms in total. The Morgan fingerprint density at radius 1 is 1.12 bits per heavy atom.